The highest BCUT2D eigenvalue weighted by Gasteiger charge is 2.28. The van der Waals surface area contributed by atoms with E-state index in [4.69, 9.17) is 21.1 Å². The molecule has 0 aromatic heterocycles. The Hall–Kier alpha value is -1.75. The summed E-state index contributed by atoms with van der Waals surface area (Å²) in [5, 5.41) is 3.38. The van der Waals surface area contributed by atoms with E-state index in [1.165, 1.54) is 6.42 Å². The summed E-state index contributed by atoms with van der Waals surface area (Å²) >= 11 is 5.93. The lowest BCUT2D eigenvalue weighted by molar-refractivity contribution is -0.150. The van der Waals surface area contributed by atoms with Crippen LogP contribution in [0.15, 0.2) is 24.3 Å². The van der Waals surface area contributed by atoms with Crippen LogP contribution >= 0.6 is 11.6 Å². The molecule has 1 aliphatic rings. The van der Waals surface area contributed by atoms with Crippen molar-refractivity contribution in [2.24, 2.45) is 11.8 Å². The van der Waals surface area contributed by atoms with Crippen LogP contribution in [0.1, 0.15) is 33.1 Å². The maximum atomic E-state index is 11.9. The molecule has 1 saturated carbocycles. The smallest absolute Gasteiger partial charge is 0.344 e. The number of esters is 1. The molecule has 1 amide bonds. The fourth-order valence-corrected chi connectivity index (χ4v) is 3.11. The average Bonchev–Trinajstić information content (AvgIpc) is 2.56. The summed E-state index contributed by atoms with van der Waals surface area (Å²) in [5.74, 6) is 0.560. The number of benzene rings is 1. The second-order valence-corrected chi connectivity index (χ2v) is 6.73. The first kappa shape index (κ1) is 18.6. The van der Waals surface area contributed by atoms with E-state index < -0.39 is 5.97 Å². The van der Waals surface area contributed by atoms with Crippen molar-refractivity contribution >= 4 is 23.5 Å². The normalized spacial score (nSPS) is 23.4. The molecule has 0 aliphatic heterocycles. The van der Waals surface area contributed by atoms with Crippen LogP contribution in [0.4, 0.5) is 0 Å². The zero-order chi connectivity index (χ0) is 17.5. The van der Waals surface area contributed by atoms with Crippen LogP contribution in [-0.2, 0) is 14.3 Å². The third-order valence-corrected chi connectivity index (χ3v) is 4.91. The summed E-state index contributed by atoms with van der Waals surface area (Å²) in [6, 6.07) is 7.01. The molecule has 0 spiro atoms. The highest BCUT2D eigenvalue weighted by Crippen LogP contribution is 2.29. The van der Waals surface area contributed by atoms with E-state index in [1.807, 2.05) is 0 Å². The standard InChI is InChI=1S/C18H24ClNO4/c1-12-6-5-8-15(13(12)2)20-17(21)10-24-18(22)11-23-16-9-4-3-7-14(16)19/h3-4,7,9,12-13,15H,5-6,8,10-11H2,1-2H3,(H,20,21)/t12-,13+,15+/m1/s1. The second kappa shape index (κ2) is 8.92. The molecule has 0 bridgehead atoms. The van der Waals surface area contributed by atoms with Crippen molar-refractivity contribution in [2.45, 2.75) is 39.2 Å². The van der Waals surface area contributed by atoms with E-state index in [0.29, 0.717) is 22.6 Å². The molecule has 0 heterocycles. The molecule has 0 unspecified atom stereocenters. The molecule has 1 N–H and O–H groups in total. The van der Waals surface area contributed by atoms with Crippen molar-refractivity contribution in [1.82, 2.24) is 5.32 Å². The maximum Gasteiger partial charge on any atom is 0.344 e. The Bertz CT molecular complexity index is 578. The van der Waals surface area contributed by atoms with E-state index in [9.17, 15) is 9.59 Å². The quantitative estimate of drug-likeness (QED) is 0.797. The number of carbonyl (C=O) groups is 2. The van der Waals surface area contributed by atoms with Crippen LogP contribution in [0.5, 0.6) is 5.75 Å². The maximum absolute atomic E-state index is 11.9. The highest BCUT2D eigenvalue weighted by molar-refractivity contribution is 6.32. The highest BCUT2D eigenvalue weighted by atomic mass is 35.5. The van der Waals surface area contributed by atoms with Crippen molar-refractivity contribution in [3.8, 4) is 5.75 Å². The Morgan fingerprint density at radius 3 is 2.71 bits per heavy atom. The number of rotatable bonds is 6. The molecule has 1 aromatic rings. The van der Waals surface area contributed by atoms with Crippen molar-refractivity contribution in [2.75, 3.05) is 13.2 Å². The lowest BCUT2D eigenvalue weighted by Gasteiger charge is -2.34. The van der Waals surface area contributed by atoms with Crippen LogP contribution < -0.4 is 10.1 Å². The molecular weight excluding hydrogens is 330 g/mol. The van der Waals surface area contributed by atoms with Gasteiger partial charge in [-0.1, -0.05) is 50.4 Å². The third kappa shape index (κ3) is 5.41. The molecule has 1 aromatic carbocycles. The van der Waals surface area contributed by atoms with E-state index >= 15 is 0 Å². The largest absolute Gasteiger partial charge is 0.480 e. The molecular formula is C18H24ClNO4. The van der Waals surface area contributed by atoms with Gasteiger partial charge in [-0.15, -0.1) is 0 Å². The van der Waals surface area contributed by atoms with Gasteiger partial charge in [0.15, 0.2) is 13.2 Å². The molecule has 6 heteroatoms. The van der Waals surface area contributed by atoms with Gasteiger partial charge in [-0.3, -0.25) is 4.79 Å². The van der Waals surface area contributed by atoms with Gasteiger partial charge in [0, 0.05) is 6.04 Å². The number of carbonyl (C=O) groups excluding carboxylic acids is 2. The third-order valence-electron chi connectivity index (χ3n) is 4.60. The summed E-state index contributed by atoms with van der Waals surface area (Å²) in [7, 11) is 0. The fraction of sp³-hybridized carbons (Fsp3) is 0.556. The molecule has 3 atom stereocenters. The van der Waals surface area contributed by atoms with E-state index in [0.717, 1.165) is 12.8 Å². The van der Waals surface area contributed by atoms with Gasteiger partial charge in [-0.2, -0.15) is 0 Å². The van der Waals surface area contributed by atoms with E-state index in [2.05, 4.69) is 19.2 Å². The van der Waals surface area contributed by atoms with Crippen LogP contribution in [0, 0.1) is 11.8 Å². The van der Waals surface area contributed by atoms with E-state index in [-0.39, 0.29) is 25.2 Å². The first-order chi connectivity index (χ1) is 11.5. The number of halogens is 1. The first-order valence-corrected chi connectivity index (χ1v) is 8.67. The Morgan fingerprint density at radius 2 is 1.96 bits per heavy atom. The van der Waals surface area contributed by atoms with Crippen molar-refractivity contribution in [3.05, 3.63) is 29.3 Å². The van der Waals surface area contributed by atoms with Crippen LogP contribution in [-0.4, -0.2) is 31.1 Å². The summed E-state index contributed by atoms with van der Waals surface area (Å²) in [6.07, 6.45) is 3.28. The summed E-state index contributed by atoms with van der Waals surface area (Å²) in [6.45, 7) is 3.78. The Balaban J connectivity index is 1.69. The predicted molar refractivity (Wildman–Crippen MR) is 92.0 cm³/mol. The topological polar surface area (TPSA) is 64.6 Å². The lowest BCUT2D eigenvalue weighted by atomic mass is 9.78. The van der Waals surface area contributed by atoms with Gasteiger partial charge in [0.1, 0.15) is 5.75 Å². The molecule has 0 radical (unpaired) electrons. The van der Waals surface area contributed by atoms with Gasteiger partial charge in [-0.05, 0) is 30.4 Å². The predicted octanol–water partition coefficient (Wildman–Crippen LogP) is 3.20. The number of nitrogens with one attached hydrogen (secondary N) is 1. The molecule has 2 rings (SSSR count). The lowest BCUT2D eigenvalue weighted by Crippen LogP contribution is -2.45. The SMILES string of the molecule is C[C@H]1[C@H](C)CCC[C@@H]1NC(=O)COC(=O)COc1ccccc1Cl. The molecule has 0 saturated heterocycles. The van der Waals surface area contributed by atoms with Gasteiger partial charge < -0.3 is 14.8 Å². The van der Waals surface area contributed by atoms with Crippen LogP contribution in [0.25, 0.3) is 0 Å². The summed E-state index contributed by atoms with van der Waals surface area (Å²) < 4.78 is 10.2. The molecule has 1 fully saturated rings. The molecule has 24 heavy (non-hydrogen) atoms. The number of ether oxygens (including phenoxy) is 2. The average molecular weight is 354 g/mol. The molecule has 132 valence electrons. The fourth-order valence-electron chi connectivity index (χ4n) is 2.92. The van der Waals surface area contributed by atoms with Crippen LogP contribution in [0.2, 0.25) is 5.02 Å². The van der Waals surface area contributed by atoms with Crippen molar-refractivity contribution in [1.29, 1.82) is 0 Å². The van der Waals surface area contributed by atoms with Gasteiger partial charge in [0.2, 0.25) is 0 Å². The Morgan fingerprint density at radius 1 is 1.21 bits per heavy atom. The zero-order valence-electron chi connectivity index (χ0n) is 14.1. The van der Waals surface area contributed by atoms with Crippen molar-refractivity contribution in [3.63, 3.8) is 0 Å². The summed E-state index contributed by atoms with van der Waals surface area (Å²) in [5.41, 5.74) is 0. The van der Waals surface area contributed by atoms with Crippen molar-refractivity contribution < 1.29 is 19.1 Å². The Kier molecular flexibility index (Phi) is 6.91. The number of hydrogen-bond acceptors (Lipinski definition) is 4. The molecule has 1 aliphatic carbocycles. The van der Waals surface area contributed by atoms with Gasteiger partial charge in [0.25, 0.3) is 5.91 Å². The number of amides is 1. The summed E-state index contributed by atoms with van der Waals surface area (Å²) in [4.78, 5) is 23.6. The number of para-hydroxylation sites is 1. The van der Waals surface area contributed by atoms with Crippen LogP contribution in [0.3, 0.4) is 0 Å². The zero-order valence-corrected chi connectivity index (χ0v) is 14.8. The molecule has 5 nitrogen and oxygen atoms in total. The second-order valence-electron chi connectivity index (χ2n) is 6.32. The van der Waals surface area contributed by atoms with Gasteiger partial charge in [-0.25, -0.2) is 4.79 Å². The first-order valence-electron chi connectivity index (χ1n) is 8.29. The minimum Gasteiger partial charge on any atom is -0.480 e. The monoisotopic (exact) mass is 353 g/mol. The number of hydrogen-bond donors (Lipinski definition) is 1. The Labute approximate surface area is 147 Å². The minimum atomic E-state index is -0.602. The minimum absolute atomic E-state index is 0.152. The van der Waals surface area contributed by atoms with Gasteiger partial charge in [0.05, 0.1) is 5.02 Å². The van der Waals surface area contributed by atoms with E-state index in [1.54, 1.807) is 24.3 Å². The van der Waals surface area contributed by atoms with Gasteiger partial charge >= 0.3 is 5.97 Å².